The highest BCUT2D eigenvalue weighted by atomic mass is 32.2. The van der Waals surface area contributed by atoms with Gasteiger partial charge in [0.15, 0.2) is 9.84 Å². The first-order chi connectivity index (χ1) is 10.2. The molecule has 2 aromatic rings. The molecule has 0 spiro atoms. The molecular formula is C13H13NO5S3. The number of sulfone groups is 1. The highest BCUT2D eigenvalue weighted by Crippen LogP contribution is 2.16. The summed E-state index contributed by atoms with van der Waals surface area (Å²) in [7, 11) is -7.64. The summed E-state index contributed by atoms with van der Waals surface area (Å²) in [5, 5.41) is 1.78. The summed E-state index contributed by atoms with van der Waals surface area (Å²) in [6.07, 6.45) is 0.927. The predicted octanol–water partition coefficient (Wildman–Crippen LogP) is 1.20. The molecule has 0 aliphatic carbocycles. The van der Waals surface area contributed by atoms with Gasteiger partial charge in [-0.25, -0.2) is 21.6 Å². The minimum atomic E-state index is -4.10. The molecule has 1 N–H and O–H groups in total. The lowest BCUT2D eigenvalue weighted by molar-refractivity contribution is -0.118. The molecule has 1 heterocycles. The number of sulfonamides is 1. The zero-order valence-electron chi connectivity index (χ0n) is 11.5. The molecule has 9 heteroatoms. The minimum absolute atomic E-state index is 0.0529. The van der Waals surface area contributed by atoms with E-state index in [9.17, 15) is 21.6 Å². The fourth-order valence-corrected chi connectivity index (χ4v) is 4.16. The van der Waals surface area contributed by atoms with Crippen LogP contribution in [0.5, 0.6) is 0 Å². The maximum absolute atomic E-state index is 12.1. The summed E-state index contributed by atoms with van der Waals surface area (Å²) in [5.74, 6) is -0.674. The fraction of sp³-hybridized carbons (Fsp3) is 0.154. The Bertz CT molecular complexity index is 884. The third-order valence-electron chi connectivity index (χ3n) is 2.71. The molecule has 1 aromatic heterocycles. The number of benzene rings is 1. The highest BCUT2D eigenvalue weighted by molar-refractivity contribution is 7.91. The Morgan fingerprint density at radius 2 is 1.77 bits per heavy atom. The molecule has 118 valence electrons. The topological polar surface area (TPSA) is 97.4 Å². The molecule has 0 saturated carbocycles. The first-order valence-corrected chi connectivity index (χ1v) is 10.3. The van der Waals surface area contributed by atoms with Crippen LogP contribution in [0.2, 0.25) is 0 Å². The number of rotatable bonds is 5. The van der Waals surface area contributed by atoms with E-state index in [2.05, 4.69) is 0 Å². The molecule has 22 heavy (non-hydrogen) atoms. The normalized spacial score (nSPS) is 12.0. The Balaban J connectivity index is 2.22. The van der Waals surface area contributed by atoms with Crippen LogP contribution in [0, 0.1) is 0 Å². The van der Waals surface area contributed by atoms with Crippen molar-refractivity contribution in [3.8, 4) is 0 Å². The third kappa shape index (κ3) is 4.15. The SMILES string of the molecule is CS(=O)(=O)c1cccc(S(=O)(=O)NC(=O)Cc2cccs2)c1. The van der Waals surface area contributed by atoms with Crippen LogP contribution in [0.3, 0.4) is 0 Å². The van der Waals surface area contributed by atoms with Gasteiger partial charge in [0.25, 0.3) is 10.0 Å². The van der Waals surface area contributed by atoms with Crippen molar-refractivity contribution in [2.24, 2.45) is 0 Å². The van der Waals surface area contributed by atoms with Crippen LogP contribution < -0.4 is 4.72 Å². The van der Waals surface area contributed by atoms with Crippen LogP contribution in [0.25, 0.3) is 0 Å². The average molecular weight is 359 g/mol. The first-order valence-electron chi connectivity index (χ1n) is 6.07. The van der Waals surface area contributed by atoms with Crippen molar-refractivity contribution in [1.82, 2.24) is 4.72 Å². The van der Waals surface area contributed by atoms with E-state index in [4.69, 9.17) is 0 Å². The average Bonchev–Trinajstić information content (AvgIpc) is 2.90. The van der Waals surface area contributed by atoms with Gasteiger partial charge in [-0.3, -0.25) is 4.79 Å². The van der Waals surface area contributed by atoms with Gasteiger partial charge in [0.05, 0.1) is 16.2 Å². The van der Waals surface area contributed by atoms with Crippen LogP contribution in [0.1, 0.15) is 4.88 Å². The molecule has 0 saturated heterocycles. The summed E-state index contributed by atoms with van der Waals surface area (Å²) in [6.45, 7) is 0. The van der Waals surface area contributed by atoms with Crippen molar-refractivity contribution in [2.75, 3.05) is 6.26 Å². The second-order valence-electron chi connectivity index (χ2n) is 4.53. The van der Waals surface area contributed by atoms with Crippen molar-refractivity contribution < 1.29 is 21.6 Å². The van der Waals surface area contributed by atoms with Gasteiger partial charge in [-0.15, -0.1) is 11.3 Å². The third-order valence-corrected chi connectivity index (χ3v) is 6.06. The van der Waals surface area contributed by atoms with Gasteiger partial charge in [-0.1, -0.05) is 12.1 Å². The van der Waals surface area contributed by atoms with Gasteiger partial charge in [0.2, 0.25) is 5.91 Å². The van der Waals surface area contributed by atoms with Crippen molar-refractivity contribution in [3.63, 3.8) is 0 Å². The Morgan fingerprint density at radius 1 is 1.09 bits per heavy atom. The molecule has 0 aliphatic heterocycles. The predicted molar refractivity (Wildman–Crippen MR) is 82.9 cm³/mol. The number of carbonyl (C=O) groups is 1. The number of hydrogen-bond acceptors (Lipinski definition) is 6. The number of amides is 1. The molecule has 6 nitrogen and oxygen atoms in total. The maximum atomic E-state index is 12.1. The molecule has 0 radical (unpaired) electrons. The fourth-order valence-electron chi connectivity index (χ4n) is 1.69. The van der Waals surface area contributed by atoms with Crippen LogP contribution in [0.15, 0.2) is 51.6 Å². The molecular weight excluding hydrogens is 346 g/mol. The van der Waals surface area contributed by atoms with E-state index in [1.807, 2.05) is 4.72 Å². The van der Waals surface area contributed by atoms with Crippen molar-refractivity contribution in [1.29, 1.82) is 0 Å². The molecule has 1 amide bonds. The Kier molecular flexibility index (Phi) is 4.69. The lowest BCUT2D eigenvalue weighted by Crippen LogP contribution is -2.31. The zero-order valence-corrected chi connectivity index (χ0v) is 14.0. The monoisotopic (exact) mass is 359 g/mol. The maximum Gasteiger partial charge on any atom is 0.264 e. The lowest BCUT2D eigenvalue weighted by atomic mass is 10.3. The Morgan fingerprint density at radius 3 is 2.36 bits per heavy atom. The summed E-state index contributed by atoms with van der Waals surface area (Å²) in [4.78, 5) is 12.1. The van der Waals surface area contributed by atoms with Crippen LogP contribution in [-0.4, -0.2) is 29.0 Å². The second-order valence-corrected chi connectivity index (χ2v) is 9.26. The van der Waals surface area contributed by atoms with E-state index in [0.717, 1.165) is 17.2 Å². The molecule has 2 rings (SSSR count). The van der Waals surface area contributed by atoms with Gasteiger partial charge in [-0.2, -0.15) is 0 Å². The molecule has 0 aliphatic rings. The second kappa shape index (κ2) is 6.19. The number of carbonyl (C=O) groups excluding carboxylic acids is 1. The Labute approximate surface area is 132 Å². The molecule has 0 atom stereocenters. The van der Waals surface area contributed by atoms with Crippen LogP contribution >= 0.6 is 11.3 Å². The smallest absolute Gasteiger partial charge is 0.264 e. The van der Waals surface area contributed by atoms with Crippen LogP contribution in [0.4, 0.5) is 0 Å². The summed E-state index contributed by atoms with van der Waals surface area (Å²) < 4.78 is 49.1. The Hall–Kier alpha value is -1.71. The van der Waals surface area contributed by atoms with Crippen molar-refractivity contribution >= 4 is 37.1 Å². The van der Waals surface area contributed by atoms with Gasteiger partial charge in [0.1, 0.15) is 0 Å². The van der Waals surface area contributed by atoms with Gasteiger partial charge >= 0.3 is 0 Å². The molecule has 0 fully saturated rings. The summed E-state index contributed by atoms with van der Waals surface area (Å²) >= 11 is 1.34. The van der Waals surface area contributed by atoms with E-state index < -0.39 is 25.8 Å². The number of thiophene rings is 1. The van der Waals surface area contributed by atoms with Crippen molar-refractivity contribution in [2.45, 2.75) is 16.2 Å². The van der Waals surface area contributed by atoms with Gasteiger partial charge in [-0.05, 0) is 29.6 Å². The van der Waals surface area contributed by atoms with Gasteiger partial charge in [0, 0.05) is 11.1 Å². The van der Waals surface area contributed by atoms with Crippen molar-refractivity contribution in [3.05, 3.63) is 46.7 Å². The van der Waals surface area contributed by atoms with E-state index >= 15 is 0 Å². The van der Waals surface area contributed by atoms with E-state index in [0.29, 0.717) is 0 Å². The lowest BCUT2D eigenvalue weighted by Gasteiger charge is -2.07. The van der Waals surface area contributed by atoms with Gasteiger partial charge < -0.3 is 0 Å². The van der Waals surface area contributed by atoms with E-state index in [1.165, 1.54) is 29.5 Å². The standard InChI is InChI=1S/C13H13NO5S3/c1-21(16,17)11-5-2-6-12(9-11)22(18,19)14-13(15)8-10-4-3-7-20-10/h2-7,9H,8H2,1H3,(H,14,15). The minimum Gasteiger partial charge on any atom is -0.274 e. The van der Waals surface area contributed by atoms with E-state index in [1.54, 1.807) is 17.5 Å². The largest absolute Gasteiger partial charge is 0.274 e. The quantitative estimate of drug-likeness (QED) is 0.865. The number of hydrogen-bond donors (Lipinski definition) is 1. The molecule has 1 aromatic carbocycles. The number of nitrogens with one attached hydrogen (secondary N) is 1. The van der Waals surface area contributed by atoms with Crippen LogP contribution in [-0.2, 0) is 31.1 Å². The summed E-state index contributed by atoms with van der Waals surface area (Å²) in [5.41, 5.74) is 0. The first kappa shape index (κ1) is 16.7. The molecule has 0 bridgehead atoms. The van der Waals surface area contributed by atoms with E-state index in [-0.39, 0.29) is 16.2 Å². The molecule has 0 unspecified atom stereocenters. The summed E-state index contributed by atoms with van der Waals surface area (Å²) in [6, 6.07) is 8.35. The highest BCUT2D eigenvalue weighted by Gasteiger charge is 2.20. The zero-order chi connectivity index (χ0) is 16.4.